The molecule has 1 N–H and O–H groups in total. The fourth-order valence-electron chi connectivity index (χ4n) is 0.898. The molecule has 0 fully saturated rings. The molecule has 0 saturated carbocycles. The normalized spacial score (nSPS) is 9.58. The maximum atomic E-state index is 8.59. The summed E-state index contributed by atoms with van der Waals surface area (Å²) in [5.74, 6) is 0. The summed E-state index contributed by atoms with van der Waals surface area (Å²) in [6.07, 6.45) is 5.70. The fourth-order valence-corrected chi connectivity index (χ4v) is 1.62. The largest absolute Gasteiger partial charge is 0.396 e. The van der Waals surface area contributed by atoms with E-state index in [9.17, 15) is 0 Å². The minimum atomic E-state index is 0.279. The van der Waals surface area contributed by atoms with Crippen LogP contribution in [0.5, 0.6) is 0 Å². The second-order valence-corrected chi connectivity index (χ2v) is 5.19. The van der Waals surface area contributed by atoms with Crippen LogP contribution in [0.1, 0.15) is 25.7 Å². The molecule has 0 aromatic heterocycles. The van der Waals surface area contributed by atoms with Crippen LogP contribution in [0.25, 0.3) is 0 Å². The SMILES string of the molecule is C=CCC(CCCCO)=C(Br)Br. The lowest BCUT2D eigenvalue weighted by Gasteiger charge is -2.04. The molecule has 0 radical (unpaired) electrons. The van der Waals surface area contributed by atoms with Crippen LogP contribution in [-0.2, 0) is 0 Å². The molecule has 0 aliphatic carbocycles. The van der Waals surface area contributed by atoms with Crippen LogP contribution < -0.4 is 0 Å². The van der Waals surface area contributed by atoms with Gasteiger partial charge in [0.15, 0.2) is 0 Å². The van der Waals surface area contributed by atoms with Crippen LogP contribution in [0.2, 0.25) is 0 Å². The van der Waals surface area contributed by atoms with Gasteiger partial charge < -0.3 is 5.11 Å². The van der Waals surface area contributed by atoms with Crippen molar-refractivity contribution in [3.05, 3.63) is 21.6 Å². The monoisotopic (exact) mass is 296 g/mol. The van der Waals surface area contributed by atoms with Crippen LogP contribution in [0.4, 0.5) is 0 Å². The van der Waals surface area contributed by atoms with Crippen molar-refractivity contribution in [2.75, 3.05) is 6.61 Å². The van der Waals surface area contributed by atoms with Gasteiger partial charge in [-0.1, -0.05) is 6.08 Å². The van der Waals surface area contributed by atoms with Crippen molar-refractivity contribution >= 4 is 31.9 Å². The molecule has 0 amide bonds. The van der Waals surface area contributed by atoms with E-state index < -0.39 is 0 Å². The minimum Gasteiger partial charge on any atom is -0.396 e. The summed E-state index contributed by atoms with van der Waals surface area (Å²) in [5, 5.41) is 8.59. The first kappa shape index (κ1) is 12.4. The molecule has 0 saturated heterocycles. The van der Waals surface area contributed by atoms with Gasteiger partial charge in [-0.3, -0.25) is 0 Å². The van der Waals surface area contributed by atoms with E-state index in [1.807, 2.05) is 6.08 Å². The number of unbranched alkanes of at least 4 members (excludes halogenated alkanes) is 1. The van der Waals surface area contributed by atoms with Gasteiger partial charge in [-0.25, -0.2) is 0 Å². The molecular formula is C9H14Br2O. The van der Waals surface area contributed by atoms with Crippen molar-refractivity contribution in [3.63, 3.8) is 0 Å². The quantitative estimate of drug-likeness (QED) is 0.585. The third kappa shape index (κ3) is 5.98. The van der Waals surface area contributed by atoms with Gasteiger partial charge in [0.25, 0.3) is 0 Å². The first-order valence-corrected chi connectivity index (χ1v) is 5.55. The summed E-state index contributed by atoms with van der Waals surface area (Å²) < 4.78 is 1.02. The molecule has 70 valence electrons. The molecule has 0 aromatic carbocycles. The summed E-state index contributed by atoms with van der Waals surface area (Å²) in [6.45, 7) is 3.96. The topological polar surface area (TPSA) is 20.2 Å². The van der Waals surface area contributed by atoms with Crippen molar-refractivity contribution < 1.29 is 5.11 Å². The smallest absolute Gasteiger partial charge is 0.0599 e. The van der Waals surface area contributed by atoms with Gasteiger partial charge in [-0.15, -0.1) is 6.58 Å². The molecule has 0 heterocycles. The zero-order valence-electron chi connectivity index (χ0n) is 7.02. The van der Waals surface area contributed by atoms with Gasteiger partial charge in [-0.05, 0) is 63.1 Å². The molecule has 1 nitrogen and oxygen atoms in total. The molecule has 0 atom stereocenters. The predicted octanol–water partition coefficient (Wildman–Crippen LogP) is 3.73. The number of halogens is 2. The van der Waals surface area contributed by atoms with Crippen LogP contribution >= 0.6 is 31.9 Å². The standard InChI is InChI=1S/C9H14Br2O/c1-2-5-8(9(10)11)6-3-4-7-12/h2,12H,1,3-7H2. The molecular weight excluding hydrogens is 284 g/mol. The van der Waals surface area contributed by atoms with Gasteiger partial charge in [0.05, 0.1) is 3.39 Å². The first-order chi connectivity index (χ1) is 5.72. The van der Waals surface area contributed by atoms with E-state index in [2.05, 4.69) is 38.4 Å². The van der Waals surface area contributed by atoms with Crippen LogP contribution in [-0.4, -0.2) is 11.7 Å². The molecule has 3 heteroatoms. The van der Waals surface area contributed by atoms with E-state index in [1.54, 1.807) is 0 Å². The third-order valence-corrected chi connectivity index (χ3v) is 2.67. The number of allylic oxidation sites excluding steroid dienone is 2. The summed E-state index contributed by atoms with van der Waals surface area (Å²) in [4.78, 5) is 0. The van der Waals surface area contributed by atoms with Crippen molar-refractivity contribution in [2.24, 2.45) is 0 Å². The molecule has 0 aliphatic rings. The highest BCUT2D eigenvalue weighted by atomic mass is 79.9. The summed E-state index contributed by atoms with van der Waals surface area (Å²) in [7, 11) is 0. The molecule has 0 spiro atoms. The lowest BCUT2D eigenvalue weighted by molar-refractivity contribution is 0.284. The molecule has 0 bridgehead atoms. The number of aliphatic hydroxyl groups is 1. The Morgan fingerprint density at radius 2 is 2.00 bits per heavy atom. The van der Waals surface area contributed by atoms with Crippen molar-refractivity contribution in [2.45, 2.75) is 25.7 Å². The van der Waals surface area contributed by atoms with Gasteiger partial charge in [0.1, 0.15) is 0 Å². The Kier molecular flexibility index (Phi) is 8.29. The van der Waals surface area contributed by atoms with Gasteiger partial charge in [0.2, 0.25) is 0 Å². The number of aliphatic hydroxyl groups excluding tert-OH is 1. The summed E-state index contributed by atoms with van der Waals surface area (Å²) in [5.41, 5.74) is 1.30. The lowest BCUT2D eigenvalue weighted by atomic mass is 10.1. The third-order valence-electron chi connectivity index (χ3n) is 1.54. The number of rotatable bonds is 6. The highest BCUT2D eigenvalue weighted by Gasteiger charge is 1.99. The zero-order chi connectivity index (χ0) is 9.40. The zero-order valence-corrected chi connectivity index (χ0v) is 10.2. The van der Waals surface area contributed by atoms with Crippen molar-refractivity contribution in [3.8, 4) is 0 Å². The highest BCUT2D eigenvalue weighted by molar-refractivity contribution is 9.28. The molecule has 0 rings (SSSR count). The highest BCUT2D eigenvalue weighted by Crippen LogP contribution is 2.25. The summed E-state index contributed by atoms with van der Waals surface area (Å²) in [6, 6.07) is 0. The fraction of sp³-hybridized carbons (Fsp3) is 0.556. The minimum absolute atomic E-state index is 0.279. The Bertz CT molecular complexity index is 160. The Morgan fingerprint density at radius 1 is 1.33 bits per heavy atom. The average molecular weight is 298 g/mol. The Hall–Kier alpha value is 0.400. The van der Waals surface area contributed by atoms with E-state index >= 15 is 0 Å². The van der Waals surface area contributed by atoms with Gasteiger partial charge in [0, 0.05) is 6.61 Å². The van der Waals surface area contributed by atoms with Gasteiger partial charge in [-0.2, -0.15) is 0 Å². The van der Waals surface area contributed by atoms with Gasteiger partial charge >= 0.3 is 0 Å². The molecule has 0 aromatic rings. The van der Waals surface area contributed by atoms with Crippen molar-refractivity contribution in [1.29, 1.82) is 0 Å². The maximum Gasteiger partial charge on any atom is 0.0599 e. The maximum absolute atomic E-state index is 8.59. The molecule has 0 aliphatic heterocycles. The number of hydrogen-bond donors (Lipinski definition) is 1. The Morgan fingerprint density at radius 3 is 2.42 bits per heavy atom. The van der Waals surface area contributed by atoms with E-state index in [4.69, 9.17) is 5.11 Å². The summed E-state index contributed by atoms with van der Waals surface area (Å²) >= 11 is 6.76. The second kappa shape index (κ2) is 8.02. The van der Waals surface area contributed by atoms with Crippen LogP contribution in [0.3, 0.4) is 0 Å². The van der Waals surface area contributed by atoms with Crippen LogP contribution in [0.15, 0.2) is 21.6 Å². The predicted molar refractivity (Wildman–Crippen MR) is 60.6 cm³/mol. The lowest BCUT2D eigenvalue weighted by Crippen LogP contribution is -1.87. The average Bonchev–Trinajstić information content (AvgIpc) is 2.03. The second-order valence-electron chi connectivity index (χ2n) is 2.54. The van der Waals surface area contributed by atoms with Crippen molar-refractivity contribution in [1.82, 2.24) is 0 Å². The Labute approximate surface area is 90.8 Å². The number of hydrogen-bond acceptors (Lipinski definition) is 1. The molecule has 12 heavy (non-hydrogen) atoms. The van der Waals surface area contributed by atoms with Crippen LogP contribution in [0, 0.1) is 0 Å². The van der Waals surface area contributed by atoms with E-state index in [-0.39, 0.29) is 6.61 Å². The Balaban J connectivity index is 3.81. The first-order valence-electron chi connectivity index (χ1n) is 3.97. The van der Waals surface area contributed by atoms with E-state index in [0.29, 0.717) is 0 Å². The molecule has 0 unspecified atom stereocenters. The van der Waals surface area contributed by atoms with E-state index in [1.165, 1.54) is 5.57 Å². The van der Waals surface area contributed by atoms with E-state index in [0.717, 1.165) is 29.1 Å².